The number of methoxy groups -OCH3 is 2. The van der Waals surface area contributed by atoms with E-state index in [1.165, 1.54) is 0 Å². The molecule has 3 aromatic rings. The van der Waals surface area contributed by atoms with E-state index in [1.807, 2.05) is 18.3 Å². The van der Waals surface area contributed by atoms with Crippen LogP contribution >= 0.6 is 0 Å². The van der Waals surface area contributed by atoms with Gasteiger partial charge >= 0.3 is 0 Å². The molecule has 0 unspecified atom stereocenters. The Bertz CT molecular complexity index is 870. The largest absolute Gasteiger partial charge is 0.493 e. The lowest BCUT2D eigenvalue weighted by Gasteiger charge is -2.06. The molecule has 2 N–H and O–H groups in total. The molecule has 0 saturated heterocycles. The number of hydrogen-bond acceptors (Lipinski definition) is 6. The average Bonchev–Trinajstić information content (AvgIpc) is 2.91. The minimum atomic E-state index is 0.353. The summed E-state index contributed by atoms with van der Waals surface area (Å²) < 4.78 is 10.7. The molecule has 0 aliphatic rings. The summed E-state index contributed by atoms with van der Waals surface area (Å²) in [5.74, 6) is 2.27. The van der Waals surface area contributed by atoms with Gasteiger partial charge in [-0.3, -0.25) is 5.43 Å². The number of hydrazone groups is 1. The highest BCUT2D eigenvalue weighted by Gasteiger charge is 2.13. The first kappa shape index (κ1) is 15.1. The highest BCUT2D eigenvalue weighted by molar-refractivity contribution is 6.10. The third kappa shape index (κ3) is 2.77. The molecule has 0 amide bonds. The van der Waals surface area contributed by atoms with Crippen molar-refractivity contribution in [3.05, 3.63) is 18.3 Å². The highest BCUT2D eigenvalue weighted by atomic mass is 16.5. The second kappa shape index (κ2) is 6.12. The van der Waals surface area contributed by atoms with E-state index in [2.05, 4.69) is 39.6 Å². The van der Waals surface area contributed by atoms with Crippen molar-refractivity contribution in [2.45, 2.75) is 13.8 Å². The molecular formula is C16H19N5O2. The number of benzene rings is 1. The molecule has 0 aliphatic heterocycles. The van der Waals surface area contributed by atoms with Gasteiger partial charge in [0.05, 0.1) is 31.4 Å². The average molecular weight is 313 g/mol. The van der Waals surface area contributed by atoms with Crippen LogP contribution < -0.4 is 14.9 Å². The molecule has 3 rings (SSSR count). The van der Waals surface area contributed by atoms with Crippen LogP contribution in [-0.2, 0) is 0 Å². The van der Waals surface area contributed by atoms with E-state index in [4.69, 9.17) is 9.47 Å². The van der Waals surface area contributed by atoms with Gasteiger partial charge in [0.1, 0.15) is 0 Å². The summed E-state index contributed by atoms with van der Waals surface area (Å²) in [6.07, 6.45) is 3.53. The van der Waals surface area contributed by atoms with Crippen LogP contribution in [0, 0.1) is 5.92 Å². The molecule has 0 fully saturated rings. The van der Waals surface area contributed by atoms with Gasteiger partial charge in [-0.2, -0.15) is 10.2 Å². The fraction of sp³-hybridized carbons (Fsp3) is 0.312. The number of rotatable bonds is 5. The number of anilines is 1. The van der Waals surface area contributed by atoms with Crippen molar-refractivity contribution in [2.75, 3.05) is 19.6 Å². The van der Waals surface area contributed by atoms with Crippen LogP contribution in [0.4, 0.5) is 5.82 Å². The number of aromatic nitrogens is 3. The van der Waals surface area contributed by atoms with Crippen LogP contribution in [0.5, 0.6) is 11.5 Å². The van der Waals surface area contributed by atoms with Gasteiger partial charge < -0.3 is 14.5 Å². The second-order valence-corrected chi connectivity index (χ2v) is 5.49. The van der Waals surface area contributed by atoms with Gasteiger partial charge in [0.25, 0.3) is 0 Å². The molecule has 0 atom stereocenters. The summed E-state index contributed by atoms with van der Waals surface area (Å²) in [5, 5.41) is 14.3. The maximum Gasteiger partial charge on any atom is 0.193 e. The summed E-state index contributed by atoms with van der Waals surface area (Å²) in [7, 11) is 3.23. The Morgan fingerprint density at radius 1 is 1.17 bits per heavy atom. The van der Waals surface area contributed by atoms with Gasteiger partial charge in [-0.25, -0.2) is 0 Å². The zero-order valence-electron chi connectivity index (χ0n) is 13.5. The molecule has 0 aliphatic carbocycles. The van der Waals surface area contributed by atoms with E-state index in [-0.39, 0.29) is 0 Å². The summed E-state index contributed by atoms with van der Waals surface area (Å²) in [4.78, 5) is 3.34. The fourth-order valence-corrected chi connectivity index (χ4v) is 2.38. The Morgan fingerprint density at radius 3 is 2.61 bits per heavy atom. The molecule has 0 spiro atoms. The number of nitrogens with zero attached hydrogens (tertiary/aromatic N) is 3. The van der Waals surface area contributed by atoms with Crippen molar-refractivity contribution in [1.82, 2.24) is 15.2 Å². The first-order chi connectivity index (χ1) is 11.1. The predicted molar refractivity (Wildman–Crippen MR) is 91.5 cm³/mol. The van der Waals surface area contributed by atoms with E-state index in [9.17, 15) is 0 Å². The fourth-order valence-electron chi connectivity index (χ4n) is 2.38. The lowest BCUT2D eigenvalue weighted by Crippen LogP contribution is -1.97. The van der Waals surface area contributed by atoms with E-state index in [1.54, 1.807) is 20.4 Å². The van der Waals surface area contributed by atoms with Gasteiger partial charge in [-0.1, -0.05) is 13.8 Å². The number of ether oxygens (including phenoxy) is 2. The monoisotopic (exact) mass is 313 g/mol. The highest BCUT2D eigenvalue weighted by Crippen LogP contribution is 2.36. The smallest absolute Gasteiger partial charge is 0.193 e. The Kier molecular flexibility index (Phi) is 4.01. The molecular weight excluding hydrogens is 294 g/mol. The topological polar surface area (TPSA) is 84.4 Å². The lowest BCUT2D eigenvalue weighted by atomic mass is 10.2. The van der Waals surface area contributed by atoms with Crippen molar-refractivity contribution < 1.29 is 9.47 Å². The van der Waals surface area contributed by atoms with E-state index in [0.29, 0.717) is 23.2 Å². The maximum absolute atomic E-state index is 5.37. The molecule has 2 heterocycles. The van der Waals surface area contributed by atoms with Crippen molar-refractivity contribution in [1.29, 1.82) is 0 Å². The SMILES string of the molecule is COc1cc2[nH]c3c(N/N=C/C(C)C)nncc3c2cc1OC. The summed E-state index contributed by atoms with van der Waals surface area (Å²) in [6.45, 7) is 4.11. The lowest BCUT2D eigenvalue weighted by molar-refractivity contribution is 0.356. The van der Waals surface area contributed by atoms with E-state index < -0.39 is 0 Å². The minimum absolute atomic E-state index is 0.353. The van der Waals surface area contributed by atoms with Crippen LogP contribution in [0.25, 0.3) is 21.8 Å². The first-order valence-electron chi connectivity index (χ1n) is 7.32. The van der Waals surface area contributed by atoms with Crippen LogP contribution in [0.3, 0.4) is 0 Å². The summed E-state index contributed by atoms with van der Waals surface area (Å²) in [5.41, 5.74) is 4.70. The second-order valence-electron chi connectivity index (χ2n) is 5.49. The van der Waals surface area contributed by atoms with Gasteiger partial charge in [-0.15, -0.1) is 5.10 Å². The maximum atomic E-state index is 5.37. The Morgan fingerprint density at radius 2 is 1.91 bits per heavy atom. The zero-order chi connectivity index (χ0) is 16.4. The van der Waals surface area contributed by atoms with Crippen LogP contribution in [0.2, 0.25) is 0 Å². The molecule has 7 heteroatoms. The number of H-pyrrole nitrogens is 1. The van der Waals surface area contributed by atoms with Crippen LogP contribution in [0.15, 0.2) is 23.4 Å². The molecule has 7 nitrogen and oxygen atoms in total. The molecule has 0 radical (unpaired) electrons. The standard InChI is InChI=1S/C16H19N5O2/c1-9(2)7-17-20-16-15-11(8-18-21-16)10-5-13(22-3)14(23-4)6-12(10)19-15/h5-9,19H,1-4H3,(H,20,21)/b17-7+. The molecule has 120 valence electrons. The van der Waals surface area contributed by atoms with Crippen molar-refractivity contribution in [2.24, 2.45) is 11.0 Å². The molecule has 1 aromatic carbocycles. The summed E-state index contributed by atoms with van der Waals surface area (Å²) >= 11 is 0. The number of nitrogens with one attached hydrogen (secondary N) is 2. The summed E-state index contributed by atoms with van der Waals surface area (Å²) in [6, 6.07) is 3.82. The normalized spacial score (nSPS) is 11.7. The first-order valence-corrected chi connectivity index (χ1v) is 7.32. The third-order valence-corrected chi connectivity index (χ3v) is 3.47. The predicted octanol–water partition coefficient (Wildman–Crippen LogP) is 3.18. The van der Waals surface area contributed by atoms with E-state index >= 15 is 0 Å². The number of hydrogen-bond donors (Lipinski definition) is 2. The number of fused-ring (bicyclic) bond motifs is 3. The molecule has 0 bridgehead atoms. The Balaban J connectivity index is 2.15. The van der Waals surface area contributed by atoms with Crippen molar-refractivity contribution in [3.8, 4) is 11.5 Å². The Hall–Kier alpha value is -2.83. The third-order valence-electron chi connectivity index (χ3n) is 3.47. The van der Waals surface area contributed by atoms with Gasteiger partial charge in [0.15, 0.2) is 17.3 Å². The molecule has 2 aromatic heterocycles. The Labute approximate surface area is 133 Å². The zero-order valence-corrected chi connectivity index (χ0v) is 13.5. The molecule has 0 saturated carbocycles. The van der Waals surface area contributed by atoms with Crippen molar-refractivity contribution >= 4 is 33.8 Å². The quantitative estimate of drug-likeness (QED) is 0.558. The van der Waals surface area contributed by atoms with Crippen molar-refractivity contribution in [3.63, 3.8) is 0 Å². The number of aromatic amines is 1. The van der Waals surface area contributed by atoms with Gasteiger partial charge in [0, 0.05) is 23.1 Å². The van der Waals surface area contributed by atoms with E-state index in [0.717, 1.165) is 21.8 Å². The molecule has 23 heavy (non-hydrogen) atoms. The van der Waals surface area contributed by atoms with Crippen LogP contribution in [-0.4, -0.2) is 35.6 Å². The minimum Gasteiger partial charge on any atom is -0.493 e. The van der Waals surface area contributed by atoms with Gasteiger partial charge in [0.2, 0.25) is 0 Å². The van der Waals surface area contributed by atoms with Crippen LogP contribution in [0.1, 0.15) is 13.8 Å². The van der Waals surface area contributed by atoms with Gasteiger partial charge in [-0.05, 0) is 12.0 Å².